The van der Waals surface area contributed by atoms with Gasteiger partial charge < -0.3 is 9.88 Å². The van der Waals surface area contributed by atoms with Crippen molar-refractivity contribution in [2.24, 2.45) is 5.92 Å². The number of aromatic amines is 1. The van der Waals surface area contributed by atoms with E-state index in [9.17, 15) is 4.79 Å². The van der Waals surface area contributed by atoms with E-state index in [2.05, 4.69) is 21.1 Å². The van der Waals surface area contributed by atoms with Crippen LogP contribution in [0, 0.1) is 12.8 Å². The van der Waals surface area contributed by atoms with Crippen LogP contribution in [-0.4, -0.2) is 43.6 Å². The van der Waals surface area contributed by atoms with Gasteiger partial charge in [0.25, 0.3) is 0 Å². The zero-order valence-corrected chi connectivity index (χ0v) is 15.2. The van der Waals surface area contributed by atoms with Crippen LogP contribution in [0.15, 0.2) is 36.5 Å². The van der Waals surface area contributed by atoms with E-state index in [0.29, 0.717) is 18.9 Å². The summed E-state index contributed by atoms with van der Waals surface area (Å²) in [6.45, 7) is 4.37. The van der Waals surface area contributed by atoms with Crippen molar-refractivity contribution in [1.82, 2.24) is 24.6 Å². The fourth-order valence-electron chi connectivity index (χ4n) is 3.83. The van der Waals surface area contributed by atoms with E-state index in [0.717, 1.165) is 54.9 Å². The second kappa shape index (κ2) is 7.32. The molecule has 1 aromatic carbocycles. The second-order valence-corrected chi connectivity index (χ2v) is 7.20. The van der Waals surface area contributed by atoms with Gasteiger partial charge in [-0.1, -0.05) is 12.1 Å². The molecular formula is C20H25N5O. The lowest BCUT2D eigenvalue weighted by molar-refractivity contribution is -0.133. The number of carbonyl (C=O) groups excluding carboxylic acids is 1. The van der Waals surface area contributed by atoms with Crippen molar-refractivity contribution in [2.45, 2.75) is 39.2 Å². The van der Waals surface area contributed by atoms with Gasteiger partial charge in [0.1, 0.15) is 5.82 Å². The fraction of sp³-hybridized carbons (Fsp3) is 0.450. The summed E-state index contributed by atoms with van der Waals surface area (Å²) in [6.07, 6.45) is 5.41. The molecule has 1 saturated heterocycles. The molecule has 0 spiro atoms. The van der Waals surface area contributed by atoms with Gasteiger partial charge >= 0.3 is 0 Å². The van der Waals surface area contributed by atoms with Gasteiger partial charge in [0.2, 0.25) is 5.91 Å². The number of rotatable bonds is 5. The van der Waals surface area contributed by atoms with E-state index >= 15 is 0 Å². The Morgan fingerprint density at radius 2 is 2.19 bits per heavy atom. The lowest BCUT2D eigenvalue weighted by Crippen LogP contribution is -2.41. The number of H-pyrrole nitrogens is 1. The minimum absolute atomic E-state index is 0.231. The number of hydrogen-bond acceptors (Lipinski definition) is 3. The second-order valence-electron chi connectivity index (χ2n) is 7.20. The third-order valence-corrected chi connectivity index (χ3v) is 5.26. The Hall–Kier alpha value is -2.63. The maximum atomic E-state index is 12.6. The van der Waals surface area contributed by atoms with Gasteiger partial charge in [-0.05, 0) is 43.9 Å². The Labute approximate surface area is 153 Å². The molecule has 6 heteroatoms. The molecule has 1 atom stereocenters. The number of carbonyl (C=O) groups is 1. The average molecular weight is 351 g/mol. The molecule has 1 N–H and O–H groups in total. The van der Waals surface area contributed by atoms with E-state index in [4.69, 9.17) is 0 Å². The third kappa shape index (κ3) is 3.64. The number of nitrogens with one attached hydrogen (secondary N) is 1. The molecule has 6 nitrogen and oxygen atoms in total. The molecule has 0 bridgehead atoms. The van der Waals surface area contributed by atoms with E-state index in [1.165, 1.54) is 0 Å². The van der Waals surface area contributed by atoms with Crippen LogP contribution in [-0.2, 0) is 17.8 Å². The highest BCUT2D eigenvalue weighted by atomic mass is 16.2. The smallest absolute Gasteiger partial charge is 0.224 e. The van der Waals surface area contributed by atoms with Gasteiger partial charge in [0.05, 0.1) is 11.0 Å². The first-order valence-corrected chi connectivity index (χ1v) is 9.39. The molecule has 1 fully saturated rings. The molecule has 1 aliphatic heterocycles. The summed E-state index contributed by atoms with van der Waals surface area (Å²) in [4.78, 5) is 22.7. The van der Waals surface area contributed by atoms with Crippen molar-refractivity contribution < 1.29 is 4.79 Å². The van der Waals surface area contributed by atoms with Gasteiger partial charge in [-0.25, -0.2) is 4.98 Å². The maximum Gasteiger partial charge on any atom is 0.224 e. The summed E-state index contributed by atoms with van der Waals surface area (Å²) in [7, 11) is 0. The number of nitrogens with zero attached hydrogens (tertiary/aromatic N) is 4. The Bertz CT molecular complexity index is 863. The van der Waals surface area contributed by atoms with Crippen LogP contribution >= 0.6 is 0 Å². The van der Waals surface area contributed by atoms with Crippen LogP contribution in [0.4, 0.5) is 0 Å². The van der Waals surface area contributed by atoms with Crippen LogP contribution in [0.5, 0.6) is 0 Å². The molecule has 0 aliphatic carbocycles. The van der Waals surface area contributed by atoms with Crippen LogP contribution in [0.25, 0.3) is 11.0 Å². The first-order chi connectivity index (χ1) is 12.7. The molecule has 2 aromatic heterocycles. The summed E-state index contributed by atoms with van der Waals surface area (Å²) in [5.74, 6) is 1.73. The van der Waals surface area contributed by atoms with E-state index < -0.39 is 0 Å². The zero-order valence-electron chi connectivity index (χ0n) is 15.2. The summed E-state index contributed by atoms with van der Waals surface area (Å²) in [5, 5.41) is 4.26. The number of fused-ring (bicyclic) bond motifs is 1. The Morgan fingerprint density at radius 1 is 1.31 bits per heavy atom. The summed E-state index contributed by atoms with van der Waals surface area (Å²) < 4.78 is 1.90. The summed E-state index contributed by atoms with van der Waals surface area (Å²) in [5.41, 5.74) is 3.20. The van der Waals surface area contributed by atoms with Crippen LogP contribution in [0.2, 0.25) is 0 Å². The first kappa shape index (κ1) is 16.8. The molecule has 4 rings (SSSR count). The van der Waals surface area contributed by atoms with Crippen molar-refractivity contribution in [3.63, 3.8) is 0 Å². The van der Waals surface area contributed by atoms with Crippen LogP contribution in [0.1, 0.15) is 30.8 Å². The minimum atomic E-state index is 0.231. The standard InChI is InChI=1S/C20H25N5O/c1-15-8-10-21-25(15)12-9-20(26)24-11-4-5-16(14-24)13-19-22-17-6-2-3-7-18(17)23-19/h2-3,6-8,10,16H,4-5,9,11-14H2,1H3,(H,22,23)/t16-/m0/s1. The van der Waals surface area contributed by atoms with Gasteiger partial charge in [-0.2, -0.15) is 5.10 Å². The Morgan fingerprint density at radius 3 is 3.00 bits per heavy atom. The molecule has 0 radical (unpaired) electrons. The number of imidazole rings is 1. The number of para-hydroxylation sites is 2. The monoisotopic (exact) mass is 351 g/mol. The topological polar surface area (TPSA) is 66.8 Å². The molecule has 0 unspecified atom stereocenters. The van der Waals surface area contributed by atoms with Crippen molar-refractivity contribution in [2.75, 3.05) is 13.1 Å². The first-order valence-electron chi connectivity index (χ1n) is 9.39. The molecule has 0 saturated carbocycles. The summed E-state index contributed by atoms with van der Waals surface area (Å²) >= 11 is 0. The maximum absolute atomic E-state index is 12.6. The highest BCUT2D eigenvalue weighted by Crippen LogP contribution is 2.22. The van der Waals surface area contributed by atoms with E-state index in [-0.39, 0.29) is 5.91 Å². The lowest BCUT2D eigenvalue weighted by atomic mass is 9.94. The molecule has 3 heterocycles. The Kier molecular flexibility index (Phi) is 4.73. The number of piperidine rings is 1. The molecule has 136 valence electrons. The zero-order chi connectivity index (χ0) is 17.9. The highest BCUT2D eigenvalue weighted by Gasteiger charge is 2.24. The largest absolute Gasteiger partial charge is 0.342 e. The van der Waals surface area contributed by atoms with Crippen molar-refractivity contribution >= 4 is 16.9 Å². The van der Waals surface area contributed by atoms with Gasteiger partial charge in [-0.3, -0.25) is 9.48 Å². The predicted molar refractivity (Wildman–Crippen MR) is 101 cm³/mol. The number of amides is 1. The quantitative estimate of drug-likeness (QED) is 0.768. The van der Waals surface area contributed by atoms with E-state index in [1.54, 1.807) is 6.20 Å². The van der Waals surface area contributed by atoms with Crippen LogP contribution < -0.4 is 0 Å². The minimum Gasteiger partial charge on any atom is -0.342 e. The van der Waals surface area contributed by atoms with Crippen molar-refractivity contribution in [3.8, 4) is 0 Å². The lowest BCUT2D eigenvalue weighted by Gasteiger charge is -2.32. The average Bonchev–Trinajstić information content (AvgIpc) is 3.25. The van der Waals surface area contributed by atoms with E-state index in [1.807, 2.05) is 40.8 Å². The van der Waals surface area contributed by atoms with Crippen molar-refractivity contribution in [1.29, 1.82) is 0 Å². The number of hydrogen-bond donors (Lipinski definition) is 1. The van der Waals surface area contributed by atoms with Gasteiger partial charge in [0, 0.05) is 44.4 Å². The predicted octanol–water partition coefficient (Wildman–Crippen LogP) is 2.94. The summed E-state index contributed by atoms with van der Waals surface area (Å²) in [6, 6.07) is 10.1. The molecule has 1 aliphatic rings. The molecular weight excluding hydrogens is 326 g/mol. The molecule has 3 aromatic rings. The van der Waals surface area contributed by atoms with Gasteiger partial charge in [-0.15, -0.1) is 0 Å². The highest BCUT2D eigenvalue weighted by molar-refractivity contribution is 5.76. The third-order valence-electron chi connectivity index (χ3n) is 5.26. The Balaban J connectivity index is 1.34. The van der Waals surface area contributed by atoms with Crippen LogP contribution in [0.3, 0.4) is 0 Å². The molecule has 26 heavy (non-hydrogen) atoms. The number of aromatic nitrogens is 4. The van der Waals surface area contributed by atoms with Crippen molar-refractivity contribution in [3.05, 3.63) is 48.0 Å². The fourth-order valence-corrected chi connectivity index (χ4v) is 3.83. The number of benzene rings is 1. The van der Waals surface area contributed by atoms with Gasteiger partial charge in [0.15, 0.2) is 0 Å². The molecule has 1 amide bonds. The number of aryl methyl sites for hydroxylation is 2. The number of likely N-dealkylation sites (tertiary alicyclic amines) is 1. The SMILES string of the molecule is Cc1ccnn1CCC(=O)N1CCC[C@@H](Cc2nc3ccccc3[nH]2)C1. The normalized spacial score (nSPS) is 17.7.